The van der Waals surface area contributed by atoms with Crippen LogP contribution in [0.5, 0.6) is 0 Å². The molecule has 2 fully saturated rings. The number of aliphatic imine (C=N–C) groups is 1. The summed E-state index contributed by atoms with van der Waals surface area (Å²) in [6.45, 7) is 5.04. The Morgan fingerprint density at radius 1 is 1.09 bits per heavy atom. The Labute approximate surface area is 156 Å². The van der Waals surface area contributed by atoms with Crippen molar-refractivity contribution in [3.05, 3.63) is 24.2 Å². The van der Waals surface area contributed by atoms with Gasteiger partial charge in [-0.1, -0.05) is 12.8 Å². The van der Waals surface area contributed by atoms with E-state index in [1.807, 2.05) is 6.07 Å². The molecular formula is C17H29IN4O. The molecule has 1 atom stereocenters. The van der Waals surface area contributed by atoms with Gasteiger partial charge < -0.3 is 15.1 Å². The third kappa shape index (κ3) is 5.11. The van der Waals surface area contributed by atoms with Gasteiger partial charge in [-0.3, -0.25) is 9.89 Å². The highest BCUT2D eigenvalue weighted by Gasteiger charge is 2.25. The highest BCUT2D eigenvalue weighted by molar-refractivity contribution is 14.0. The number of halogens is 1. The van der Waals surface area contributed by atoms with E-state index in [-0.39, 0.29) is 30.0 Å². The standard InChI is InChI=1S/C17H28N4O.HI/c18-17(21-11-3-1-2-4-12-21)19-14-15(16-8-7-13-22-16)20-9-5-6-10-20;/h7-8,13,15H,1-6,9-12,14H2,(H2,18,19);1H. The molecule has 2 aliphatic heterocycles. The molecule has 0 aliphatic carbocycles. The summed E-state index contributed by atoms with van der Waals surface area (Å²) in [4.78, 5) is 9.43. The largest absolute Gasteiger partial charge is 0.468 e. The Hall–Kier alpha value is -0.760. The van der Waals surface area contributed by atoms with Gasteiger partial charge in [0.05, 0.1) is 18.8 Å². The molecular weight excluding hydrogens is 403 g/mol. The first-order valence-electron chi connectivity index (χ1n) is 8.67. The highest BCUT2D eigenvalue weighted by Crippen LogP contribution is 2.25. The van der Waals surface area contributed by atoms with E-state index in [1.54, 1.807) is 6.26 Å². The summed E-state index contributed by atoms with van der Waals surface area (Å²) in [5, 5.41) is 0. The summed E-state index contributed by atoms with van der Waals surface area (Å²) < 4.78 is 5.64. The van der Waals surface area contributed by atoms with Gasteiger partial charge in [-0.15, -0.1) is 24.0 Å². The lowest BCUT2D eigenvalue weighted by Gasteiger charge is -2.26. The summed E-state index contributed by atoms with van der Waals surface area (Å²) in [5.74, 6) is 1.71. The first-order chi connectivity index (χ1) is 10.8. The zero-order chi connectivity index (χ0) is 15.2. The summed E-state index contributed by atoms with van der Waals surface area (Å²) in [5.41, 5.74) is 6.25. The monoisotopic (exact) mass is 432 g/mol. The molecule has 2 N–H and O–H groups in total. The van der Waals surface area contributed by atoms with Gasteiger partial charge in [0.15, 0.2) is 5.96 Å². The van der Waals surface area contributed by atoms with E-state index < -0.39 is 0 Å². The van der Waals surface area contributed by atoms with Crippen molar-refractivity contribution in [1.29, 1.82) is 0 Å². The van der Waals surface area contributed by atoms with Crippen molar-refractivity contribution in [2.75, 3.05) is 32.7 Å². The van der Waals surface area contributed by atoms with Gasteiger partial charge in [0.25, 0.3) is 0 Å². The minimum Gasteiger partial charge on any atom is -0.468 e. The third-order valence-corrected chi connectivity index (χ3v) is 4.81. The Morgan fingerprint density at radius 3 is 2.35 bits per heavy atom. The number of furan rings is 1. The molecule has 3 heterocycles. The Kier molecular flexibility index (Phi) is 7.69. The average molecular weight is 432 g/mol. The molecule has 130 valence electrons. The lowest BCUT2D eigenvalue weighted by molar-refractivity contribution is 0.220. The van der Waals surface area contributed by atoms with Gasteiger partial charge in [-0.25, -0.2) is 0 Å². The molecule has 2 aliphatic rings. The normalized spacial score (nSPS) is 21.7. The molecule has 1 aromatic heterocycles. The number of guanidine groups is 1. The Bertz CT molecular complexity index is 463. The van der Waals surface area contributed by atoms with Crippen LogP contribution < -0.4 is 5.73 Å². The van der Waals surface area contributed by atoms with Crippen LogP contribution in [0.25, 0.3) is 0 Å². The van der Waals surface area contributed by atoms with Crippen molar-refractivity contribution < 1.29 is 4.42 Å². The topological polar surface area (TPSA) is 58.0 Å². The van der Waals surface area contributed by atoms with E-state index in [1.165, 1.54) is 38.5 Å². The highest BCUT2D eigenvalue weighted by atomic mass is 127. The number of hydrogen-bond acceptors (Lipinski definition) is 3. The van der Waals surface area contributed by atoms with E-state index in [4.69, 9.17) is 15.1 Å². The van der Waals surface area contributed by atoms with E-state index in [9.17, 15) is 0 Å². The fraction of sp³-hybridized carbons (Fsp3) is 0.706. The minimum absolute atomic E-state index is 0. The molecule has 0 bridgehead atoms. The van der Waals surface area contributed by atoms with E-state index in [0.29, 0.717) is 12.5 Å². The third-order valence-electron chi connectivity index (χ3n) is 4.81. The van der Waals surface area contributed by atoms with Crippen molar-refractivity contribution in [2.24, 2.45) is 10.7 Å². The zero-order valence-electron chi connectivity index (χ0n) is 13.8. The van der Waals surface area contributed by atoms with Crippen molar-refractivity contribution in [1.82, 2.24) is 9.80 Å². The predicted molar refractivity (Wildman–Crippen MR) is 104 cm³/mol. The van der Waals surface area contributed by atoms with Crippen molar-refractivity contribution >= 4 is 29.9 Å². The summed E-state index contributed by atoms with van der Waals surface area (Å²) >= 11 is 0. The van der Waals surface area contributed by atoms with Crippen LogP contribution in [0.3, 0.4) is 0 Å². The van der Waals surface area contributed by atoms with Gasteiger partial charge in [0.1, 0.15) is 5.76 Å². The van der Waals surface area contributed by atoms with E-state index in [0.717, 1.165) is 31.9 Å². The molecule has 0 radical (unpaired) electrons. The van der Waals surface area contributed by atoms with Crippen LogP contribution in [-0.2, 0) is 0 Å². The minimum atomic E-state index is 0. The fourth-order valence-electron chi connectivity index (χ4n) is 3.50. The van der Waals surface area contributed by atoms with Gasteiger partial charge in [-0.05, 0) is 50.9 Å². The van der Waals surface area contributed by atoms with Crippen LogP contribution in [0, 0.1) is 0 Å². The van der Waals surface area contributed by atoms with Gasteiger partial charge in [-0.2, -0.15) is 0 Å². The second-order valence-corrected chi connectivity index (χ2v) is 6.37. The fourth-order valence-corrected chi connectivity index (χ4v) is 3.50. The van der Waals surface area contributed by atoms with Crippen molar-refractivity contribution in [2.45, 2.75) is 44.6 Å². The Morgan fingerprint density at radius 2 is 1.74 bits per heavy atom. The number of nitrogens with zero attached hydrogens (tertiary/aromatic N) is 3. The van der Waals surface area contributed by atoms with Crippen molar-refractivity contribution in [3.8, 4) is 0 Å². The maximum atomic E-state index is 6.25. The first kappa shape index (κ1) is 18.6. The first-order valence-corrected chi connectivity index (χ1v) is 8.67. The number of likely N-dealkylation sites (tertiary alicyclic amines) is 2. The second-order valence-electron chi connectivity index (χ2n) is 6.37. The number of hydrogen-bond donors (Lipinski definition) is 1. The smallest absolute Gasteiger partial charge is 0.191 e. The van der Waals surface area contributed by atoms with Gasteiger partial charge >= 0.3 is 0 Å². The number of nitrogens with two attached hydrogens (primary N) is 1. The van der Waals surface area contributed by atoms with Gasteiger partial charge in [0, 0.05) is 13.1 Å². The van der Waals surface area contributed by atoms with Crippen LogP contribution in [0.1, 0.15) is 50.3 Å². The summed E-state index contributed by atoms with van der Waals surface area (Å²) in [7, 11) is 0. The van der Waals surface area contributed by atoms with Crippen LogP contribution in [0.4, 0.5) is 0 Å². The SMILES string of the molecule is I.NC(=NCC(c1ccco1)N1CCCC1)N1CCCCCC1. The molecule has 1 aromatic rings. The quantitative estimate of drug-likeness (QED) is 0.451. The van der Waals surface area contributed by atoms with Crippen LogP contribution in [0.15, 0.2) is 27.8 Å². The summed E-state index contributed by atoms with van der Waals surface area (Å²) in [6, 6.07) is 4.24. The van der Waals surface area contributed by atoms with Crippen molar-refractivity contribution in [3.63, 3.8) is 0 Å². The molecule has 23 heavy (non-hydrogen) atoms. The lowest BCUT2D eigenvalue weighted by atomic mass is 10.2. The van der Waals surface area contributed by atoms with Crippen LogP contribution in [-0.4, -0.2) is 48.5 Å². The molecule has 0 aromatic carbocycles. The molecule has 1 unspecified atom stereocenters. The van der Waals surface area contributed by atoms with E-state index in [2.05, 4.69) is 15.9 Å². The zero-order valence-corrected chi connectivity index (χ0v) is 16.2. The summed E-state index contributed by atoms with van der Waals surface area (Å²) in [6.07, 6.45) is 9.36. The molecule has 3 rings (SSSR count). The maximum absolute atomic E-state index is 6.25. The second kappa shape index (κ2) is 9.52. The molecule has 0 amide bonds. The lowest BCUT2D eigenvalue weighted by Crippen LogP contribution is -2.39. The molecule has 6 heteroatoms. The molecule has 2 saturated heterocycles. The van der Waals surface area contributed by atoms with Crippen LogP contribution in [0.2, 0.25) is 0 Å². The average Bonchev–Trinajstić information content (AvgIpc) is 3.18. The molecule has 0 spiro atoms. The number of rotatable bonds is 4. The van der Waals surface area contributed by atoms with Gasteiger partial charge in [0.2, 0.25) is 0 Å². The molecule has 5 nitrogen and oxygen atoms in total. The Balaban J connectivity index is 0.00000192. The van der Waals surface area contributed by atoms with E-state index >= 15 is 0 Å². The predicted octanol–water partition coefficient (Wildman–Crippen LogP) is 3.23. The molecule has 0 saturated carbocycles. The van der Waals surface area contributed by atoms with Crippen LogP contribution >= 0.6 is 24.0 Å². The maximum Gasteiger partial charge on any atom is 0.191 e.